The van der Waals surface area contributed by atoms with Gasteiger partial charge in [0.25, 0.3) is 0 Å². The third-order valence-electron chi connectivity index (χ3n) is 0.646. The van der Waals surface area contributed by atoms with Crippen molar-refractivity contribution in [3.05, 3.63) is 12.7 Å². The summed E-state index contributed by atoms with van der Waals surface area (Å²) in [7, 11) is 0. The first kappa shape index (κ1) is 5.67. The number of rotatable bonds is 2. The van der Waals surface area contributed by atoms with Crippen molar-refractivity contribution in [3.63, 3.8) is 0 Å². The van der Waals surface area contributed by atoms with Crippen LogP contribution in [-0.4, -0.2) is 6.17 Å². The zero-order valence-corrected chi connectivity index (χ0v) is 3.95. The predicted octanol–water partition coefficient (Wildman–Crippen LogP) is 1.92. The van der Waals surface area contributed by atoms with Crippen molar-refractivity contribution in [1.29, 1.82) is 0 Å². The molecule has 0 aliphatic carbocycles. The number of alkyl halides is 1. The quantitative estimate of drug-likeness (QED) is 0.452. The maximum Gasteiger partial charge on any atom is 0.118 e. The Kier molecular flexibility index (Phi) is 2.73. The highest BCUT2D eigenvalue weighted by Crippen LogP contribution is 1.94. The van der Waals surface area contributed by atoms with E-state index in [1.807, 2.05) is 0 Å². The van der Waals surface area contributed by atoms with Crippen LogP contribution in [0.1, 0.15) is 13.3 Å². The third kappa shape index (κ3) is 1.94. The molecule has 0 aliphatic rings. The average molecular weight is 88.1 g/mol. The average Bonchev–Trinajstić information content (AvgIpc) is 1.65. The van der Waals surface area contributed by atoms with Crippen LogP contribution in [0.15, 0.2) is 12.7 Å². The van der Waals surface area contributed by atoms with E-state index in [1.54, 1.807) is 6.92 Å². The zero-order chi connectivity index (χ0) is 4.99. The molecule has 0 radical (unpaired) electrons. The van der Waals surface area contributed by atoms with E-state index in [1.165, 1.54) is 6.08 Å². The number of hydrogen-bond donors (Lipinski definition) is 0. The van der Waals surface area contributed by atoms with Gasteiger partial charge in [-0.2, -0.15) is 0 Å². The van der Waals surface area contributed by atoms with E-state index in [0.717, 1.165) is 0 Å². The van der Waals surface area contributed by atoms with Crippen LogP contribution in [0, 0.1) is 0 Å². The summed E-state index contributed by atoms with van der Waals surface area (Å²) < 4.78 is 11.7. The van der Waals surface area contributed by atoms with E-state index in [0.29, 0.717) is 6.42 Å². The van der Waals surface area contributed by atoms with Gasteiger partial charge in [0.05, 0.1) is 0 Å². The van der Waals surface area contributed by atoms with Crippen LogP contribution in [0.4, 0.5) is 4.39 Å². The van der Waals surface area contributed by atoms with E-state index in [2.05, 4.69) is 6.58 Å². The molecular formula is C5H9F. The summed E-state index contributed by atoms with van der Waals surface area (Å²) in [5.74, 6) is 0. The van der Waals surface area contributed by atoms with E-state index in [4.69, 9.17) is 0 Å². The fourth-order valence-electron chi connectivity index (χ4n) is 0.167. The number of hydrogen-bond acceptors (Lipinski definition) is 0. The van der Waals surface area contributed by atoms with Crippen LogP contribution in [0.5, 0.6) is 0 Å². The van der Waals surface area contributed by atoms with E-state index in [9.17, 15) is 4.39 Å². The standard InChI is InChI=1S/C5H9F/c1-3-5(6)4-2/h3,5H,1,4H2,2H3/t5-/m1/s1. The monoisotopic (exact) mass is 88.1 g/mol. The zero-order valence-electron chi connectivity index (χ0n) is 3.95. The van der Waals surface area contributed by atoms with Gasteiger partial charge in [-0.3, -0.25) is 0 Å². The Morgan fingerprint density at radius 3 is 2.50 bits per heavy atom. The molecule has 0 spiro atoms. The highest BCUT2D eigenvalue weighted by Gasteiger charge is 1.89. The summed E-state index contributed by atoms with van der Waals surface area (Å²) in [4.78, 5) is 0. The lowest BCUT2D eigenvalue weighted by atomic mass is 10.3. The Morgan fingerprint density at radius 1 is 2.00 bits per heavy atom. The van der Waals surface area contributed by atoms with Crippen molar-refractivity contribution in [2.75, 3.05) is 0 Å². The fourth-order valence-corrected chi connectivity index (χ4v) is 0.167. The molecule has 0 aliphatic heterocycles. The molecule has 0 amide bonds. The summed E-state index contributed by atoms with van der Waals surface area (Å²) in [5, 5.41) is 0. The second-order valence-corrected chi connectivity index (χ2v) is 1.16. The molecule has 36 valence electrons. The molecule has 0 nitrogen and oxygen atoms in total. The number of halogens is 1. The van der Waals surface area contributed by atoms with Gasteiger partial charge in [-0.1, -0.05) is 13.0 Å². The molecule has 0 fully saturated rings. The van der Waals surface area contributed by atoms with Gasteiger partial charge in [-0.15, -0.1) is 6.58 Å². The molecule has 0 bridgehead atoms. The lowest BCUT2D eigenvalue weighted by Gasteiger charge is -1.89. The van der Waals surface area contributed by atoms with Gasteiger partial charge in [0.2, 0.25) is 0 Å². The molecular weight excluding hydrogens is 79.1 g/mol. The maximum absolute atomic E-state index is 11.7. The Hall–Kier alpha value is -0.330. The fraction of sp³-hybridized carbons (Fsp3) is 0.600. The van der Waals surface area contributed by atoms with Gasteiger partial charge in [-0.25, -0.2) is 4.39 Å². The molecule has 0 heterocycles. The first-order valence-corrected chi connectivity index (χ1v) is 2.08. The Bertz CT molecular complexity index is 41.2. The van der Waals surface area contributed by atoms with Crippen LogP contribution >= 0.6 is 0 Å². The normalized spacial score (nSPS) is 13.7. The molecule has 0 unspecified atom stereocenters. The lowest BCUT2D eigenvalue weighted by molar-refractivity contribution is 0.391. The molecule has 0 aromatic carbocycles. The summed E-state index contributed by atoms with van der Waals surface area (Å²) in [5.41, 5.74) is 0. The number of allylic oxidation sites excluding steroid dienone is 1. The van der Waals surface area contributed by atoms with Crippen LogP contribution in [0.2, 0.25) is 0 Å². The van der Waals surface area contributed by atoms with Crippen LogP contribution in [-0.2, 0) is 0 Å². The largest absolute Gasteiger partial charge is 0.243 e. The van der Waals surface area contributed by atoms with Gasteiger partial charge in [0.1, 0.15) is 6.17 Å². The Labute approximate surface area is 37.7 Å². The lowest BCUT2D eigenvalue weighted by Crippen LogP contribution is -1.87. The minimum Gasteiger partial charge on any atom is -0.243 e. The SMILES string of the molecule is C=C[C@@H](F)CC. The topological polar surface area (TPSA) is 0 Å². The van der Waals surface area contributed by atoms with Gasteiger partial charge in [0.15, 0.2) is 0 Å². The maximum atomic E-state index is 11.7. The second kappa shape index (κ2) is 2.88. The minimum atomic E-state index is -0.801. The highest BCUT2D eigenvalue weighted by molar-refractivity contribution is 4.76. The second-order valence-electron chi connectivity index (χ2n) is 1.16. The van der Waals surface area contributed by atoms with Gasteiger partial charge < -0.3 is 0 Å². The molecule has 0 saturated heterocycles. The minimum absolute atomic E-state index is 0.545. The smallest absolute Gasteiger partial charge is 0.118 e. The van der Waals surface area contributed by atoms with Gasteiger partial charge in [0, 0.05) is 0 Å². The third-order valence-corrected chi connectivity index (χ3v) is 0.646. The van der Waals surface area contributed by atoms with E-state index < -0.39 is 6.17 Å². The van der Waals surface area contributed by atoms with Gasteiger partial charge >= 0.3 is 0 Å². The molecule has 1 atom stereocenters. The summed E-state index contributed by atoms with van der Waals surface area (Å²) >= 11 is 0. The van der Waals surface area contributed by atoms with Crippen molar-refractivity contribution < 1.29 is 4.39 Å². The first-order chi connectivity index (χ1) is 2.81. The first-order valence-electron chi connectivity index (χ1n) is 2.08. The van der Waals surface area contributed by atoms with Crippen LogP contribution in [0.3, 0.4) is 0 Å². The van der Waals surface area contributed by atoms with Crippen molar-refractivity contribution in [2.45, 2.75) is 19.5 Å². The van der Waals surface area contributed by atoms with Crippen molar-refractivity contribution in [3.8, 4) is 0 Å². The summed E-state index contributed by atoms with van der Waals surface area (Å²) in [6.07, 6.45) is 1.05. The molecule has 0 rings (SSSR count). The van der Waals surface area contributed by atoms with Crippen molar-refractivity contribution >= 4 is 0 Å². The highest BCUT2D eigenvalue weighted by atomic mass is 19.1. The molecule has 0 N–H and O–H groups in total. The van der Waals surface area contributed by atoms with E-state index >= 15 is 0 Å². The molecule has 1 heteroatoms. The summed E-state index contributed by atoms with van der Waals surface area (Å²) in [6.45, 7) is 5.04. The summed E-state index contributed by atoms with van der Waals surface area (Å²) in [6, 6.07) is 0. The van der Waals surface area contributed by atoms with E-state index in [-0.39, 0.29) is 0 Å². The van der Waals surface area contributed by atoms with Crippen LogP contribution in [0.25, 0.3) is 0 Å². The van der Waals surface area contributed by atoms with Crippen molar-refractivity contribution in [1.82, 2.24) is 0 Å². The molecule has 6 heavy (non-hydrogen) atoms. The van der Waals surface area contributed by atoms with Gasteiger partial charge in [-0.05, 0) is 6.42 Å². The molecule has 0 aromatic rings. The Morgan fingerprint density at radius 2 is 2.50 bits per heavy atom. The van der Waals surface area contributed by atoms with Crippen molar-refractivity contribution in [2.24, 2.45) is 0 Å². The van der Waals surface area contributed by atoms with Crippen LogP contribution < -0.4 is 0 Å². The predicted molar refractivity (Wildman–Crippen MR) is 25.4 cm³/mol. The molecule has 0 saturated carbocycles. The molecule has 0 aromatic heterocycles. The Balaban J connectivity index is 2.96.